The van der Waals surface area contributed by atoms with Gasteiger partial charge in [-0.1, -0.05) is 12.2 Å². The van der Waals surface area contributed by atoms with Crippen LogP contribution in [0.1, 0.15) is 24.8 Å². The van der Waals surface area contributed by atoms with Crippen LogP contribution in [0, 0.1) is 16.0 Å². The van der Waals surface area contributed by atoms with Gasteiger partial charge in [0.05, 0.1) is 16.9 Å². The van der Waals surface area contributed by atoms with Crippen LogP contribution in [0.15, 0.2) is 30.4 Å². The summed E-state index contributed by atoms with van der Waals surface area (Å²) < 4.78 is 42.9. The van der Waals surface area contributed by atoms with Crippen LogP contribution in [0.4, 0.5) is 24.5 Å². The molecule has 0 unspecified atom stereocenters. The Morgan fingerprint density at radius 3 is 2.66 bits per heavy atom. The van der Waals surface area contributed by atoms with Crippen LogP contribution in [-0.4, -0.2) is 36.5 Å². The van der Waals surface area contributed by atoms with Crippen LogP contribution in [0.5, 0.6) is 0 Å². The Kier molecular flexibility index (Phi) is 7.57. The van der Waals surface area contributed by atoms with Crippen LogP contribution in [0.25, 0.3) is 0 Å². The molecular formula is C18H20F3N3O5. The number of rotatable bonds is 9. The lowest BCUT2D eigenvalue weighted by molar-refractivity contribution is -0.384. The van der Waals surface area contributed by atoms with Gasteiger partial charge in [-0.15, -0.1) is 0 Å². The predicted octanol–water partition coefficient (Wildman–Crippen LogP) is 3.04. The first kappa shape index (κ1) is 22.2. The minimum Gasteiger partial charge on any atom is -0.456 e. The summed E-state index contributed by atoms with van der Waals surface area (Å²) in [4.78, 5) is 33.4. The molecule has 29 heavy (non-hydrogen) atoms. The number of nitro groups is 1. The van der Waals surface area contributed by atoms with E-state index in [9.17, 15) is 32.9 Å². The molecule has 0 spiro atoms. The van der Waals surface area contributed by atoms with Crippen molar-refractivity contribution in [2.24, 2.45) is 5.92 Å². The Balaban J connectivity index is 1.74. The van der Waals surface area contributed by atoms with E-state index in [0.29, 0.717) is 6.07 Å². The fourth-order valence-electron chi connectivity index (χ4n) is 2.74. The first-order valence-electron chi connectivity index (χ1n) is 8.85. The zero-order chi connectivity index (χ0) is 21.4. The largest absolute Gasteiger partial charge is 0.456 e. The number of carbonyl (C=O) groups excluding carboxylic acids is 2. The molecule has 1 aliphatic rings. The van der Waals surface area contributed by atoms with E-state index >= 15 is 0 Å². The van der Waals surface area contributed by atoms with Crippen molar-refractivity contribution >= 4 is 23.3 Å². The Labute approximate surface area is 164 Å². The van der Waals surface area contributed by atoms with Crippen LogP contribution < -0.4 is 10.6 Å². The van der Waals surface area contributed by atoms with E-state index in [1.165, 1.54) is 0 Å². The number of ether oxygens (including phenoxy) is 1. The van der Waals surface area contributed by atoms with E-state index in [1.807, 2.05) is 12.2 Å². The number of esters is 1. The van der Waals surface area contributed by atoms with E-state index in [-0.39, 0.29) is 31.1 Å². The quantitative estimate of drug-likeness (QED) is 0.211. The van der Waals surface area contributed by atoms with E-state index in [0.717, 1.165) is 25.0 Å². The van der Waals surface area contributed by atoms with Gasteiger partial charge in [0.25, 0.3) is 11.6 Å². The maximum Gasteiger partial charge on any atom is 0.416 e. The highest BCUT2D eigenvalue weighted by molar-refractivity contribution is 5.80. The summed E-state index contributed by atoms with van der Waals surface area (Å²) >= 11 is 0. The first-order valence-corrected chi connectivity index (χ1v) is 8.85. The molecule has 1 atom stereocenters. The van der Waals surface area contributed by atoms with Gasteiger partial charge in [0.2, 0.25) is 0 Å². The van der Waals surface area contributed by atoms with Gasteiger partial charge in [-0.2, -0.15) is 13.2 Å². The second-order valence-electron chi connectivity index (χ2n) is 6.39. The van der Waals surface area contributed by atoms with Crippen molar-refractivity contribution in [1.29, 1.82) is 0 Å². The van der Waals surface area contributed by atoms with Crippen molar-refractivity contribution in [3.63, 3.8) is 0 Å². The molecule has 1 aliphatic carbocycles. The van der Waals surface area contributed by atoms with Gasteiger partial charge in [-0.25, -0.2) is 0 Å². The van der Waals surface area contributed by atoms with E-state index in [4.69, 9.17) is 4.74 Å². The Bertz CT molecular complexity index is 795. The molecule has 0 fully saturated rings. The van der Waals surface area contributed by atoms with E-state index < -0.39 is 40.8 Å². The van der Waals surface area contributed by atoms with Crippen LogP contribution in [0.3, 0.4) is 0 Å². The molecule has 0 radical (unpaired) electrons. The van der Waals surface area contributed by atoms with Crippen molar-refractivity contribution in [2.75, 3.05) is 25.0 Å². The van der Waals surface area contributed by atoms with Crippen molar-refractivity contribution in [2.45, 2.75) is 25.4 Å². The number of alkyl halides is 3. The first-order chi connectivity index (χ1) is 13.7. The third-order valence-electron chi connectivity index (χ3n) is 4.19. The lowest BCUT2D eigenvalue weighted by Crippen LogP contribution is -2.32. The number of benzene rings is 1. The van der Waals surface area contributed by atoms with Gasteiger partial charge in [-0.3, -0.25) is 19.7 Å². The fraction of sp³-hybridized carbons (Fsp3) is 0.444. The molecule has 0 saturated carbocycles. The molecule has 158 valence electrons. The molecule has 1 amide bonds. The van der Waals surface area contributed by atoms with Gasteiger partial charge in [0.1, 0.15) is 5.69 Å². The minimum absolute atomic E-state index is 0.0265. The van der Waals surface area contributed by atoms with Gasteiger partial charge < -0.3 is 15.4 Å². The lowest BCUT2D eigenvalue weighted by atomic mass is 10.1. The van der Waals surface area contributed by atoms with Crippen molar-refractivity contribution in [3.05, 3.63) is 46.0 Å². The highest BCUT2D eigenvalue weighted by Crippen LogP contribution is 2.34. The molecule has 0 aliphatic heterocycles. The van der Waals surface area contributed by atoms with E-state index in [1.54, 1.807) is 0 Å². The van der Waals surface area contributed by atoms with Crippen molar-refractivity contribution in [3.8, 4) is 0 Å². The standard InChI is InChI=1S/C18H20F3N3O5/c19-18(20,21)13-5-6-14(15(10-13)24(27)28)22-7-8-23-16(25)11-29-17(26)9-12-3-1-2-4-12/h1,3,5-6,10,12,22H,2,4,7-9,11H2,(H,23,25)/t12-/m1/s1. The molecule has 0 aromatic heterocycles. The number of hydrogen-bond acceptors (Lipinski definition) is 6. The fourth-order valence-corrected chi connectivity index (χ4v) is 2.74. The number of nitrogens with zero attached hydrogens (tertiary/aromatic N) is 1. The van der Waals surface area contributed by atoms with Gasteiger partial charge >= 0.3 is 12.1 Å². The number of nitro benzene ring substituents is 1. The van der Waals surface area contributed by atoms with Crippen LogP contribution in [-0.2, 0) is 20.5 Å². The van der Waals surface area contributed by atoms with Crippen molar-refractivity contribution < 1.29 is 32.4 Å². The van der Waals surface area contributed by atoms with Crippen LogP contribution >= 0.6 is 0 Å². The Morgan fingerprint density at radius 2 is 2.03 bits per heavy atom. The second kappa shape index (κ2) is 9.89. The number of nitrogens with one attached hydrogen (secondary N) is 2. The lowest BCUT2D eigenvalue weighted by Gasteiger charge is -2.11. The molecule has 0 bridgehead atoms. The summed E-state index contributed by atoms with van der Waals surface area (Å²) in [5.74, 6) is -0.895. The summed E-state index contributed by atoms with van der Waals surface area (Å²) in [7, 11) is 0. The molecule has 0 saturated heterocycles. The Morgan fingerprint density at radius 1 is 1.28 bits per heavy atom. The smallest absolute Gasteiger partial charge is 0.416 e. The molecule has 1 aromatic rings. The zero-order valence-electron chi connectivity index (χ0n) is 15.3. The molecule has 11 heteroatoms. The summed E-state index contributed by atoms with van der Waals surface area (Å²) in [6, 6.07) is 2.13. The third-order valence-corrected chi connectivity index (χ3v) is 4.19. The predicted molar refractivity (Wildman–Crippen MR) is 97.0 cm³/mol. The second-order valence-corrected chi connectivity index (χ2v) is 6.39. The monoisotopic (exact) mass is 415 g/mol. The molecule has 2 rings (SSSR count). The Hall–Kier alpha value is -3.11. The summed E-state index contributed by atoms with van der Waals surface area (Å²) in [6.45, 7) is -0.394. The highest BCUT2D eigenvalue weighted by atomic mass is 19.4. The average molecular weight is 415 g/mol. The number of halogens is 3. The van der Waals surface area contributed by atoms with Gasteiger partial charge in [0, 0.05) is 19.2 Å². The number of amides is 1. The molecule has 8 nitrogen and oxygen atoms in total. The molecule has 0 heterocycles. The third kappa shape index (κ3) is 7.09. The zero-order valence-corrected chi connectivity index (χ0v) is 15.3. The average Bonchev–Trinajstić information content (AvgIpc) is 3.15. The minimum atomic E-state index is -4.69. The molecular weight excluding hydrogens is 395 g/mol. The maximum absolute atomic E-state index is 12.7. The topological polar surface area (TPSA) is 111 Å². The number of carbonyl (C=O) groups is 2. The van der Waals surface area contributed by atoms with Gasteiger partial charge in [0.15, 0.2) is 6.61 Å². The van der Waals surface area contributed by atoms with Crippen LogP contribution in [0.2, 0.25) is 0 Å². The number of hydrogen-bond donors (Lipinski definition) is 2. The highest BCUT2D eigenvalue weighted by Gasteiger charge is 2.33. The van der Waals surface area contributed by atoms with Gasteiger partial charge in [-0.05, 0) is 30.9 Å². The molecule has 2 N–H and O–H groups in total. The number of allylic oxidation sites excluding steroid dienone is 2. The normalized spacial score (nSPS) is 15.8. The number of anilines is 1. The SMILES string of the molecule is O=C(COC(=O)C[C@@H]1C=CCC1)NCCNc1ccc(C(F)(F)F)cc1[N+](=O)[O-]. The maximum atomic E-state index is 12.7. The summed E-state index contributed by atoms with van der Waals surface area (Å²) in [6.07, 6.45) is 1.24. The van der Waals surface area contributed by atoms with Crippen molar-refractivity contribution in [1.82, 2.24) is 5.32 Å². The molecule has 1 aromatic carbocycles. The summed E-state index contributed by atoms with van der Waals surface area (Å²) in [5.41, 5.74) is -1.95. The van der Waals surface area contributed by atoms with E-state index in [2.05, 4.69) is 10.6 Å². The summed E-state index contributed by atoms with van der Waals surface area (Å²) in [5, 5.41) is 16.0.